The van der Waals surface area contributed by atoms with Crippen LogP contribution in [0.1, 0.15) is 25.0 Å². The first-order valence-electron chi connectivity index (χ1n) is 8.13. The Morgan fingerprint density at radius 2 is 1.96 bits per heavy atom. The van der Waals surface area contributed by atoms with Gasteiger partial charge in [0.25, 0.3) is 0 Å². The molecule has 0 aliphatic rings. The maximum atomic E-state index is 12.9. The molecule has 138 valence electrons. The van der Waals surface area contributed by atoms with Gasteiger partial charge in [-0.1, -0.05) is 23.7 Å². The fourth-order valence-electron chi connectivity index (χ4n) is 2.21. The van der Waals surface area contributed by atoms with Gasteiger partial charge < -0.3 is 14.8 Å². The average molecular weight is 378 g/mol. The normalized spacial score (nSPS) is 11.0. The number of halogens is 2. The van der Waals surface area contributed by atoms with Crippen molar-refractivity contribution in [1.82, 2.24) is 5.32 Å². The van der Waals surface area contributed by atoms with E-state index in [1.165, 1.54) is 25.3 Å². The molecule has 2 aromatic rings. The first kappa shape index (κ1) is 19.8. The van der Waals surface area contributed by atoms with Crippen molar-refractivity contribution < 1.29 is 18.7 Å². The molecule has 1 N–H and O–H groups in total. The fourth-order valence-corrected chi connectivity index (χ4v) is 2.47. The van der Waals surface area contributed by atoms with E-state index in [2.05, 4.69) is 5.32 Å². The highest BCUT2D eigenvalue weighted by Gasteiger charge is 2.12. The lowest BCUT2D eigenvalue weighted by molar-refractivity contribution is -0.116. The third-order valence-corrected chi connectivity index (χ3v) is 3.69. The summed E-state index contributed by atoms with van der Waals surface area (Å²) < 4.78 is 23.8. The molecule has 0 spiro atoms. The Kier molecular flexibility index (Phi) is 7.04. The Balaban J connectivity index is 2.03. The van der Waals surface area contributed by atoms with Gasteiger partial charge in [0.05, 0.1) is 18.2 Å². The quantitative estimate of drug-likeness (QED) is 0.717. The molecule has 0 bridgehead atoms. The van der Waals surface area contributed by atoms with E-state index < -0.39 is 0 Å². The lowest BCUT2D eigenvalue weighted by Crippen LogP contribution is -2.20. The number of amides is 1. The predicted molar refractivity (Wildman–Crippen MR) is 101 cm³/mol. The topological polar surface area (TPSA) is 47.6 Å². The molecule has 0 saturated carbocycles. The van der Waals surface area contributed by atoms with E-state index in [4.69, 9.17) is 21.1 Å². The number of nitrogens with one attached hydrogen (secondary N) is 1. The van der Waals surface area contributed by atoms with Crippen LogP contribution in [0.15, 0.2) is 42.5 Å². The van der Waals surface area contributed by atoms with E-state index in [1.54, 1.807) is 30.3 Å². The van der Waals surface area contributed by atoms with Crippen LogP contribution in [0.3, 0.4) is 0 Å². The van der Waals surface area contributed by atoms with E-state index in [0.29, 0.717) is 28.6 Å². The third kappa shape index (κ3) is 5.77. The second-order valence-corrected chi connectivity index (χ2v) is 6.29. The molecule has 2 aromatic carbocycles. The Bertz CT molecular complexity index is 788. The molecule has 0 atom stereocenters. The van der Waals surface area contributed by atoms with Gasteiger partial charge in [-0.15, -0.1) is 0 Å². The van der Waals surface area contributed by atoms with Gasteiger partial charge in [0, 0.05) is 12.6 Å². The van der Waals surface area contributed by atoms with Crippen LogP contribution in [0.4, 0.5) is 4.39 Å². The molecule has 0 aliphatic carbocycles. The molecular weight excluding hydrogens is 357 g/mol. The number of carbonyl (C=O) groups is 1. The van der Waals surface area contributed by atoms with Crippen molar-refractivity contribution in [2.45, 2.75) is 26.5 Å². The summed E-state index contributed by atoms with van der Waals surface area (Å²) >= 11 is 6.26. The summed E-state index contributed by atoms with van der Waals surface area (Å²) in [5.74, 6) is 0.391. The zero-order chi connectivity index (χ0) is 19.1. The zero-order valence-corrected chi connectivity index (χ0v) is 15.6. The number of benzene rings is 2. The summed E-state index contributed by atoms with van der Waals surface area (Å²) in [7, 11) is 1.53. The highest BCUT2D eigenvalue weighted by molar-refractivity contribution is 6.32. The second kappa shape index (κ2) is 9.25. The van der Waals surface area contributed by atoms with Gasteiger partial charge in [-0.2, -0.15) is 0 Å². The van der Waals surface area contributed by atoms with Crippen molar-refractivity contribution in [3.8, 4) is 11.5 Å². The standard InChI is InChI=1S/C20H21ClFNO3/c1-13(2)26-20-17(21)10-15(11-18(20)25-3)6-9-19(24)23-12-14-4-7-16(22)8-5-14/h4-11,13H,12H2,1-3H3,(H,23,24). The van der Waals surface area contributed by atoms with Gasteiger partial charge in [-0.25, -0.2) is 4.39 Å². The minimum Gasteiger partial charge on any atom is -0.493 e. The molecule has 4 nitrogen and oxygen atoms in total. The van der Waals surface area contributed by atoms with Crippen molar-refractivity contribution in [1.29, 1.82) is 0 Å². The number of rotatable bonds is 7. The van der Waals surface area contributed by atoms with Crippen molar-refractivity contribution in [2.24, 2.45) is 0 Å². The summed E-state index contributed by atoms with van der Waals surface area (Å²) in [6.45, 7) is 4.11. The SMILES string of the molecule is COc1cc(C=CC(=O)NCc2ccc(F)cc2)cc(Cl)c1OC(C)C. The van der Waals surface area contributed by atoms with Crippen molar-refractivity contribution >= 4 is 23.6 Å². The smallest absolute Gasteiger partial charge is 0.244 e. The van der Waals surface area contributed by atoms with Crippen LogP contribution in [0, 0.1) is 5.82 Å². The highest BCUT2D eigenvalue weighted by Crippen LogP contribution is 2.37. The minimum atomic E-state index is -0.310. The molecular formula is C20H21ClFNO3. The van der Waals surface area contributed by atoms with Gasteiger partial charge in [0.15, 0.2) is 11.5 Å². The lowest BCUT2D eigenvalue weighted by atomic mass is 10.1. The number of methoxy groups -OCH3 is 1. The monoisotopic (exact) mass is 377 g/mol. The van der Waals surface area contributed by atoms with Crippen LogP contribution in [0.5, 0.6) is 11.5 Å². The van der Waals surface area contributed by atoms with E-state index in [9.17, 15) is 9.18 Å². The summed E-state index contributed by atoms with van der Waals surface area (Å²) in [6.07, 6.45) is 2.99. The van der Waals surface area contributed by atoms with Crippen LogP contribution in [-0.4, -0.2) is 19.1 Å². The molecule has 2 rings (SSSR count). The molecule has 0 saturated heterocycles. The molecule has 26 heavy (non-hydrogen) atoms. The van der Waals surface area contributed by atoms with Crippen LogP contribution in [0.2, 0.25) is 5.02 Å². The van der Waals surface area contributed by atoms with Crippen molar-refractivity contribution in [3.05, 3.63) is 64.4 Å². The molecule has 6 heteroatoms. The van der Waals surface area contributed by atoms with Crippen LogP contribution < -0.4 is 14.8 Å². The fraction of sp³-hybridized carbons (Fsp3) is 0.250. The minimum absolute atomic E-state index is 0.0416. The van der Waals surface area contributed by atoms with E-state index in [-0.39, 0.29) is 17.8 Å². The largest absolute Gasteiger partial charge is 0.493 e. The Hall–Kier alpha value is -2.53. The number of ether oxygens (including phenoxy) is 2. The van der Waals surface area contributed by atoms with Gasteiger partial charge in [0.1, 0.15) is 5.82 Å². The zero-order valence-electron chi connectivity index (χ0n) is 14.9. The van der Waals surface area contributed by atoms with Crippen LogP contribution >= 0.6 is 11.6 Å². The maximum Gasteiger partial charge on any atom is 0.244 e. The van der Waals surface area contributed by atoms with Gasteiger partial charge in [0.2, 0.25) is 5.91 Å². The van der Waals surface area contributed by atoms with Gasteiger partial charge in [-0.05, 0) is 55.3 Å². The van der Waals surface area contributed by atoms with Crippen molar-refractivity contribution in [2.75, 3.05) is 7.11 Å². The molecule has 0 heterocycles. The molecule has 0 aliphatic heterocycles. The maximum absolute atomic E-state index is 12.9. The summed E-state index contributed by atoms with van der Waals surface area (Å²) in [5, 5.41) is 3.14. The van der Waals surface area contributed by atoms with Gasteiger partial charge >= 0.3 is 0 Å². The first-order valence-corrected chi connectivity index (χ1v) is 8.51. The van der Waals surface area contributed by atoms with Crippen molar-refractivity contribution in [3.63, 3.8) is 0 Å². The predicted octanol–water partition coefficient (Wildman–Crippen LogP) is 4.60. The summed E-state index contributed by atoms with van der Waals surface area (Å²) in [6, 6.07) is 9.40. The molecule has 0 radical (unpaired) electrons. The Morgan fingerprint density at radius 3 is 2.58 bits per heavy atom. The summed E-state index contributed by atoms with van der Waals surface area (Å²) in [4.78, 5) is 11.9. The molecule has 0 fully saturated rings. The van der Waals surface area contributed by atoms with Crippen LogP contribution in [-0.2, 0) is 11.3 Å². The second-order valence-electron chi connectivity index (χ2n) is 5.88. The third-order valence-electron chi connectivity index (χ3n) is 3.41. The van der Waals surface area contributed by atoms with E-state index in [0.717, 1.165) is 5.56 Å². The molecule has 0 unspecified atom stereocenters. The Morgan fingerprint density at radius 1 is 1.27 bits per heavy atom. The molecule has 0 aromatic heterocycles. The number of hydrogen-bond donors (Lipinski definition) is 1. The van der Waals surface area contributed by atoms with Gasteiger partial charge in [-0.3, -0.25) is 4.79 Å². The molecule has 1 amide bonds. The summed E-state index contributed by atoms with van der Waals surface area (Å²) in [5.41, 5.74) is 1.52. The van der Waals surface area contributed by atoms with E-state index >= 15 is 0 Å². The lowest BCUT2D eigenvalue weighted by Gasteiger charge is -2.15. The first-order chi connectivity index (χ1) is 12.4. The van der Waals surface area contributed by atoms with Crippen LogP contribution in [0.25, 0.3) is 6.08 Å². The Labute approximate surface area is 157 Å². The van der Waals surface area contributed by atoms with E-state index in [1.807, 2.05) is 13.8 Å². The highest BCUT2D eigenvalue weighted by atomic mass is 35.5. The number of carbonyl (C=O) groups excluding carboxylic acids is 1. The average Bonchev–Trinajstić information content (AvgIpc) is 2.61. The number of hydrogen-bond acceptors (Lipinski definition) is 3.